The Hall–Kier alpha value is -4.33. The average Bonchev–Trinajstić information content (AvgIpc) is 2.80. The van der Waals surface area contributed by atoms with E-state index in [0.717, 1.165) is 0 Å². The monoisotopic (exact) mass is 436 g/mol. The van der Waals surface area contributed by atoms with E-state index in [-0.39, 0.29) is 17.1 Å². The fourth-order valence-electron chi connectivity index (χ4n) is 2.70. The summed E-state index contributed by atoms with van der Waals surface area (Å²) in [7, 11) is 2.74. The standard InChI is InChI=1S/C24H20O8/c1-15-14-20(31-22(25)16-4-6-19(7-5-16)32-24(27)29-3)12-13-21(15)23(26)30-18-10-8-17(28-2)9-11-18/h4-14H,1-3H3. The van der Waals surface area contributed by atoms with Crippen LogP contribution >= 0.6 is 0 Å². The third-order valence-electron chi connectivity index (χ3n) is 4.36. The summed E-state index contributed by atoms with van der Waals surface area (Å²) in [6.07, 6.45) is -0.860. The molecule has 3 rings (SSSR count). The Balaban J connectivity index is 1.64. The molecule has 164 valence electrons. The molecule has 0 aromatic heterocycles. The molecule has 0 radical (unpaired) electrons. The van der Waals surface area contributed by atoms with E-state index in [2.05, 4.69) is 4.74 Å². The molecule has 0 saturated carbocycles. The first-order chi connectivity index (χ1) is 15.4. The number of esters is 2. The molecule has 0 aliphatic heterocycles. The van der Waals surface area contributed by atoms with E-state index in [9.17, 15) is 14.4 Å². The van der Waals surface area contributed by atoms with Crippen molar-refractivity contribution >= 4 is 18.1 Å². The average molecular weight is 436 g/mol. The van der Waals surface area contributed by atoms with E-state index in [0.29, 0.717) is 22.6 Å². The summed E-state index contributed by atoms with van der Waals surface area (Å²) in [5.41, 5.74) is 1.17. The first-order valence-corrected chi connectivity index (χ1v) is 9.44. The van der Waals surface area contributed by atoms with Gasteiger partial charge in [0.05, 0.1) is 25.3 Å². The lowest BCUT2D eigenvalue weighted by molar-refractivity contribution is 0.0730. The lowest BCUT2D eigenvalue weighted by Gasteiger charge is -2.10. The van der Waals surface area contributed by atoms with Crippen LogP contribution in [-0.2, 0) is 4.74 Å². The minimum atomic E-state index is -0.860. The quantitative estimate of drug-likeness (QED) is 0.314. The van der Waals surface area contributed by atoms with Crippen LogP contribution in [0.25, 0.3) is 0 Å². The molecule has 3 aromatic rings. The van der Waals surface area contributed by atoms with Crippen molar-refractivity contribution in [2.24, 2.45) is 0 Å². The lowest BCUT2D eigenvalue weighted by atomic mass is 10.1. The van der Waals surface area contributed by atoms with Crippen molar-refractivity contribution in [1.29, 1.82) is 0 Å². The molecule has 0 heterocycles. The second-order valence-electron chi connectivity index (χ2n) is 6.51. The van der Waals surface area contributed by atoms with Crippen LogP contribution in [0.5, 0.6) is 23.0 Å². The SMILES string of the molecule is COC(=O)Oc1ccc(C(=O)Oc2ccc(C(=O)Oc3ccc(OC)cc3)c(C)c2)cc1. The molecule has 3 aromatic carbocycles. The second kappa shape index (κ2) is 10.1. The highest BCUT2D eigenvalue weighted by Crippen LogP contribution is 2.22. The summed E-state index contributed by atoms with van der Waals surface area (Å²) in [6.45, 7) is 1.71. The highest BCUT2D eigenvalue weighted by atomic mass is 16.7. The molecule has 0 bridgehead atoms. The summed E-state index contributed by atoms with van der Waals surface area (Å²) in [5.74, 6) is 0.379. The zero-order chi connectivity index (χ0) is 23.1. The van der Waals surface area contributed by atoms with Gasteiger partial charge in [-0.15, -0.1) is 0 Å². The van der Waals surface area contributed by atoms with Gasteiger partial charge in [0.2, 0.25) is 0 Å². The predicted octanol–water partition coefficient (Wildman–Crippen LogP) is 4.59. The molecule has 0 spiro atoms. The van der Waals surface area contributed by atoms with Gasteiger partial charge in [-0.3, -0.25) is 0 Å². The van der Waals surface area contributed by atoms with Gasteiger partial charge in [-0.1, -0.05) is 0 Å². The van der Waals surface area contributed by atoms with E-state index in [1.54, 1.807) is 44.4 Å². The molecule has 8 nitrogen and oxygen atoms in total. The molecule has 0 aliphatic carbocycles. The van der Waals surface area contributed by atoms with Crippen LogP contribution in [-0.4, -0.2) is 32.3 Å². The molecule has 0 N–H and O–H groups in total. The fraction of sp³-hybridized carbons (Fsp3) is 0.125. The second-order valence-corrected chi connectivity index (χ2v) is 6.51. The van der Waals surface area contributed by atoms with E-state index in [1.807, 2.05) is 0 Å². The lowest BCUT2D eigenvalue weighted by Crippen LogP contribution is -2.12. The summed E-state index contributed by atoms with van der Waals surface area (Å²) in [4.78, 5) is 35.9. The van der Waals surface area contributed by atoms with E-state index < -0.39 is 18.1 Å². The van der Waals surface area contributed by atoms with Crippen LogP contribution in [0.1, 0.15) is 26.3 Å². The summed E-state index contributed by atoms with van der Waals surface area (Å²) in [5, 5.41) is 0. The third-order valence-corrected chi connectivity index (χ3v) is 4.36. The minimum Gasteiger partial charge on any atom is -0.497 e. The number of benzene rings is 3. The Kier molecular flexibility index (Phi) is 7.07. The predicted molar refractivity (Wildman–Crippen MR) is 114 cm³/mol. The number of ether oxygens (including phenoxy) is 5. The topological polar surface area (TPSA) is 97.4 Å². The van der Waals surface area contributed by atoms with Gasteiger partial charge in [-0.25, -0.2) is 14.4 Å². The Morgan fingerprint density at radius 1 is 0.625 bits per heavy atom. The van der Waals surface area contributed by atoms with Crippen LogP contribution < -0.4 is 18.9 Å². The largest absolute Gasteiger partial charge is 0.513 e. The van der Waals surface area contributed by atoms with Gasteiger partial charge in [0, 0.05) is 0 Å². The number of carbonyl (C=O) groups excluding carboxylic acids is 3. The number of aryl methyl sites for hydroxylation is 1. The smallest absolute Gasteiger partial charge is 0.497 e. The van der Waals surface area contributed by atoms with Crippen molar-refractivity contribution in [3.05, 3.63) is 83.4 Å². The van der Waals surface area contributed by atoms with Crippen LogP contribution in [0.4, 0.5) is 4.79 Å². The van der Waals surface area contributed by atoms with E-state index >= 15 is 0 Å². The molecule has 32 heavy (non-hydrogen) atoms. The molecular formula is C24H20O8. The Morgan fingerprint density at radius 2 is 1.16 bits per heavy atom. The van der Waals surface area contributed by atoms with Crippen LogP contribution in [0.15, 0.2) is 66.7 Å². The number of methoxy groups -OCH3 is 2. The van der Waals surface area contributed by atoms with Gasteiger partial charge in [-0.05, 0) is 79.2 Å². The zero-order valence-electron chi connectivity index (χ0n) is 17.6. The Bertz CT molecular complexity index is 1120. The molecule has 0 unspecified atom stereocenters. The van der Waals surface area contributed by atoms with Crippen molar-refractivity contribution < 1.29 is 38.1 Å². The zero-order valence-corrected chi connectivity index (χ0v) is 17.6. The number of carbonyl (C=O) groups is 3. The van der Waals surface area contributed by atoms with Gasteiger partial charge < -0.3 is 23.7 Å². The fourth-order valence-corrected chi connectivity index (χ4v) is 2.70. The van der Waals surface area contributed by atoms with Crippen LogP contribution in [0.3, 0.4) is 0 Å². The van der Waals surface area contributed by atoms with Gasteiger partial charge in [0.15, 0.2) is 0 Å². The maximum Gasteiger partial charge on any atom is 0.513 e. The Labute approximate surface area is 184 Å². The molecule has 0 fully saturated rings. The first kappa shape index (κ1) is 22.4. The molecule has 0 saturated heterocycles. The highest BCUT2D eigenvalue weighted by molar-refractivity contribution is 5.94. The van der Waals surface area contributed by atoms with Crippen molar-refractivity contribution in [3.63, 3.8) is 0 Å². The normalized spacial score (nSPS) is 10.1. The van der Waals surface area contributed by atoms with Crippen molar-refractivity contribution in [3.8, 4) is 23.0 Å². The third kappa shape index (κ3) is 5.63. The van der Waals surface area contributed by atoms with Crippen LogP contribution in [0, 0.1) is 6.92 Å². The molecule has 0 aliphatic rings. The summed E-state index contributed by atoms with van der Waals surface area (Å²) >= 11 is 0. The van der Waals surface area contributed by atoms with Crippen molar-refractivity contribution in [2.75, 3.05) is 14.2 Å². The highest BCUT2D eigenvalue weighted by Gasteiger charge is 2.15. The molecule has 8 heteroatoms. The van der Waals surface area contributed by atoms with Gasteiger partial charge in [0.1, 0.15) is 23.0 Å². The molecular weight excluding hydrogens is 416 g/mol. The summed E-state index contributed by atoms with van der Waals surface area (Å²) < 4.78 is 25.1. The number of hydrogen-bond donors (Lipinski definition) is 0. The summed E-state index contributed by atoms with van der Waals surface area (Å²) in [6, 6.07) is 17.0. The Morgan fingerprint density at radius 3 is 1.75 bits per heavy atom. The van der Waals surface area contributed by atoms with Gasteiger partial charge in [0.25, 0.3) is 0 Å². The number of hydrogen-bond acceptors (Lipinski definition) is 8. The maximum atomic E-state index is 12.5. The molecule has 0 atom stereocenters. The molecule has 0 amide bonds. The van der Waals surface area contributed by atoms with E-state index in [4.69, 9.17) is 18.9 Å². The minimum absolute atomic E-state index is 0.226. The van der Waals surface area contributed by atoms with Crippen molar-refractivity contribution in [2.45, 2.75) is 6.92 Å². The van der Waals surface area contributed by atoms with Crippen LogP contribution in [0.2, 0.25) is 0 Å². The van der Waals surface area contributed by atoms with E-state index in [1.165, 1.54) is 43.5 Å². The van der Waals surface area contributed by atoms with Crippen molar-refractivity contribution in [1.82, 2.24) is 0 Å². The van der Waals surface area contributed by atoms with Gasteiger partial charge >= 0.3 is 18.1 Å². The number of rotatable bonds is 6. The maximum absolute atomic E-state index is 12.5. The first-order valence-electron chi connectivity index (χ1n) is 9.44. The van der Waals surface area contributed by atoms with Gasteiger partial charge in [-0.2, -0.15) is 0 Å².